The predicted molar refractivity (Wildman–Crippen MR) is 129 cm³/mol. The molecule has 3 heterocycles. The van der Waals surface area contributed by atoms with Gasteiger partial charge in [0.1, 0.15) is 5.82 Å². The van der Waals surface area contributed by atoms with Gasteiger partial charge in [-0.15, -0.1) is 11.3 Å². The SMILES string of the molecule is CCc1csc(C2(c3nc4c(c(=O)[nH]3)CN(C(=O)[C@H](O)c3cccc(C(F)(F)F)c3)CCC4)CC2)c1. The van der Waals surface area contributed by atoms with Crippen LogP contribution in [0, 0.1) is 0 Å². The zero-order valence-electron chi connectivity index (χ0n) is 19.7. The minimum atomic E-state index is -4.59. The summed E-state index contributed by atoms with van der Waals surface area (Å²) in [7, 11) is 0. The van der Waals surface area contributed by atoms with E-state index in [1.54, 1.807) is 11.3 Å². The van der Waals surface area contributed by atoms with Crippen molar-refractivity contribution >= 4 is 17.2 Å². The number of aliphatic hydroxyl groups excluding tert-OH is 1. The van der Waals surface area contributed by atoms with Gasteiger partial charge in [-0.1, -0.05) is 19.1 Å². The summed E-state index contributed by atoms with van der Waals surface area (Å²) in [5.41, 5.74) is 0.585. The highest BCUT2D eigenvalue weighted by atomic mass is 32.1. The molecule has 1 aromatic carbocycles. The van der Waals surface area contributed by atoms with Gasteiger partial charge in [0.25, 0.3) is 11.5 Å². The molecule has 1 saturated carbocycles. The molecule has 0 radical (unpaired) electrons. The van der Waals surface area contributed by atoms with Crippen molar-refractivity contribution in [3.05, 3.63) is 84.7 Å². The number of hydrogen-bond donors (Lipinski definition) is 2. The first-order valence-electron chi connectivity index (χ1n) is 12.0. The number of nitrogens with one attached hydrogen (secondary N) is 1. The number of H-pyrrole nitrogens is 1. The van der Waals surface area contributed by atoms with Crippen molar-refractivity contribution in [1.82, 2.24) is 14.9 Å². The largest absolute Gasteiger partial charge is 0.416 e. The fourth-order valence-electron chi connectivity index (χ4n) is 4.77. The third-order valence-electron chi connectivity index (χ3n) is 7.10. The second-order valence-corrected chi connectivity index (χ2v) is 10.4. The van der Waals surface area contributed by atoms with Gasteiger partial charge in [-0.3, -0.25) is 9.59 Å². The molecule has 0 spiro atoms. The van der Waals surface area contributed by atoms with E-state index in [4.69, 9.17) is 4.98 Å². The lowest BCUT2D eigenvalue weighted by molar-refractivity contribution is -0.142. The van der Waals surface area contributed by atoms with Gasteiger partial charge in [-0.2, -0.15) is 13.2 Å². The van der Waals surface area contributed by atoms with E-state index in [0.717, 1.165) is 37.5 Å². The van der Waals surface area contributed by atoms with E-state index in [2.05, 4.69) is 23.4 Å². The summed E-state index contributed by atoms with van der Waals surface area (Å²) < 4.78 is 39.2. The fraction of sp³-hybridized carbons (Fsp3) is 0.423. The Morgan fingerprint density at radius 2 is 2.08 bits per heavy atom. The molecule has 1 aliphatic carbocycles. The Morgan fingerprint density at radius 3 is 2.75 bits per heavy atom. The third-order valence-corrected chi connectivity index (χ3v) is 8.29. The molecule has 2 aliphatic rings. The summed E-state index contributed by atoms with van der Waals surface area (Å²) in [6.45, 7) is 2.31. The zero-order valence-corrected chi connectivity index (χ0v) is 20.5. The molecule has 6 nitrogen and oxygen atoms in total. The van der Waals surface area contributed by atoms with Crippen molar-refractivity contribution < 1.29 is 23.1 Å². The van der Waals surface area contributed by atoms with Crippen LogP contribution in [0.25, 0.3) is 0 Å². The van der Waals surface area contributed by atoms with Crippen LogP contribution in [0.15, 0.2) is 40.5 Å². The Bertz CT molecular complexity index is 1360. The summed E-state index contributed by atoms with van der Waals surface area (Å²) in [4.78, 5) is 36.5. The molecule has 36 heavy (non-hydrogen) atoms. The maximum absolute atomic E-state index is 13.1. The molecular formula is C26H26F3N3O3S. The van der Waals surface area contributed by atoms with E-state index in [-0.39, 0.29) is 29.6 Å². The molecule has 2 aromatic heterocycles. The number of thiophene rings is 1. The smallest absolute Gasteiger partial charge is 0.378 e. The Hall–Kier alpha value is -2.98. The molecule has 3 aromatic rings. The molecule has 5 rings (SSSR count). The number of carbonyl (C=O) groups excluding carboxylic acids is 1. The number of benzene rings is 1. The number of aliphatic hydroxyl groups is 1. The molecule has 10 heteroatoms. The first kappa shape index (κ1) is 24.7. The number of fused-ring (bicyclic) bond motifs is 1. The van der Waals surface area contributed by atoms with Gasteiger partial charge >= 0.3 is 6.18 Å². The standard InChI is InChI=1S/C26H26F3N3O3S/c1-2-15-11-20(36-14-15)25(8-9-25)24-30-19-7-4-10-32(13-18(19)22(34)31-24)23(35)21(33)16-5-3-6-17(12-16)26(27,28)29/h3,5-6,11-12,14,21,33H,2,4,7-10,13H2,1H3,(H,30,31,34)/t21-/m1/s1. The minimum absolute atomic E-state index is 0.0568. The maximum Gasteiger partial charge on any atom is 0.416 e. The lowest BCUT2D eigenvalue weighted by atomic mass is 10.0. The average molecular weight is 518 g/mol. The third kappa shape index (κ3) is 4.48. The Balaban J connectivity index is 1.40. The van der Waals surface area contributed by atoms with Crippen molar-refractivity contribution in [2.75, 3.05) is 6.54 Å². The number of carbonyl (C=O) groups is 1. The van der Waals surface area contributed by atoms with E-state index in [1.165, 1.54) is 21.4 Å². The van der Waals surface area contributed by atoms with Crippen LogP contribution in [0.4, 0.5) is 13.2 Å². The number of aromatic amines is 1. The molecular weight excluding hydrogens is 491 g/mol. The van der Waals surface area contributed by atoms with Crippen molar-refractivity contribution in [1.29, 1.82) is 0 Å². The number of halogens is 3. The number of alkyl halides is 3. The summed E-state index contributed by atoms with van der Waals surface area (Å²) >= 11 is 1.68. The maximum atomic E-state index is 13.1. The normalized spacial score (nSPS) is 17.9. The Kier molecular flexibility index (Phi) is 6.28. The molecule has 1 fully saturated rings. The lowest BCUT2D eigenvalue weighted by Gasteiger charge is -2.24. The molecule has 1 aliphatic heterocycles. The molecule has 0 unspecified atom stereocenters. The second-order valence-electron chi connectivity index (χ2n) is 9.48. The zero-order chi connectivity index (χ0) is 25.7. The van der Waals surface area contributed by atoms with E-state index in [9.17, 15) is 27.9 Å². The van der Waals surface area contributed by atoms with Gasteiger partial charge in [-0.25, -0.2) is 4.98 Å². The van der Waals surface area contributed by atoms with Gasteiger partial charge in [-0.05, 0) is 66.8 Å². The second kappa shape index (κ2) is 9.15. The van der Waals surface area contributed by atoms with Crippen LogP contribution < -0.4 is 5.56 Å². The Labute approximate surface area is 209 Å². The molecule has 190 valence electrons. The van der Waals surface area contributed by atoms with E-state index in [1.807, 2.05) is 0 Å². The fourth-order valence-corrected chi connectivity index (χ4v) is 6.03. The predicted octanol–water partition coefficient (Wildman–Crippen LogP) is 4.50. The summed E-state index contributed by atoms with van der Waals surface area (Å²) in [5, 5.41) is 12.7. The van der Waals surface area contributed by atoms with Crippen molar-refractivity contribution in [2.45, 2.75) is 63.3 Å². The molecule has 1 amide bonds. The molecule has 0 saturated heterocycles. The van der Waals surface area contributed by atoms with Crippen LogP contribution >= 0.6 is 11.3 Å². The van der Waals surface area contributed by atoms with Crippen LogP contribution in [0.5, 0.6) is 0 Å². The van der Waals surface area contributed by atoms with Gasteiger partial charge in [0, 0.05) is 11.4 Å². The van der Waals surface area contributed by atoms with Gasteiger partial charge in [0.2, 0.25) is 0 Å². The first-order valence-corrected chi connectivity index (χ1v) is 12.8. The summed E-state index contributed by atoms with van der Waals surface area (Å²) in [5.74, 6) is -0.0884. The van der Waals surface area contributed by atoms with Crippen LogP contribution in [-0.2, 0) is 35.8 Å². The lowest BCUT2D eigenvalue weighted by Crippen LogP contribution is -2.36. The topological polar surface area (TPSA) is 86.3 Å². The Morgan fingerprint density at radius 1 is 1.31 bits per heavy atom. The van der Waals surface area contributed by atoms with E-state index >= 15 is 0 Å². The van der Waals surface area contributed by atoms with E-state index < -0.39 is 23.8 Å². The highest BCUT2D eigenvalue weighted by molar-refractivity contribution is 7.10. The molecule has 1 atom stereocenters. The van der Waals surface area contributed by atoms with Crippen LogP contribution in [0.2, 0.25) is 0 Å². The van der Waals surface area contributed by atoms with E-state index in [0.29, 0.717) is 29.9 Å². The van der Waals surface area contributed by atoms with Crippen molar-refractivity contribution in [3.63, 3.8) is 0 Å². The summed E-state index contributed by atoms with van der Waals surface area (Å²) in [6.07, 6.45) is -2.57. The minimum Gasteiger partial charge on any atom is -0.378 e. The van der Waals surface area contributed by atoms with Crippen LogP contribution in [-0.4, -0.2) is 32.4 Å². The monoisotopic (exact) mass is 517 g/mol. The van der Waals surface area contributed by atoms with Crippen LogP contribution in [0.3, 0.4) is 0 Å². The number of amides is 1. The number of rotatable bonds is 5. The molecule has 2 N–H and O–H groups in total. The summed E-state index contributed by atoms with van der Waals surface area (Å²) in [6, 6.07) is 6.29. The first-order chi connectivity index (χ1) is 17.1. The number of hydrogen-bond acceptors (Lipinski definition) is 5. The van der Waals surface area contributed by atoms with Crippen molar-refractivity contribution in [2.24, 2.45) is 0 Å². The average Bonchev–Trinajstić information content (AvgIpc) is 3.58. The van der Waals surface area contributed by atoms with Crippen LogP contribution in [0.1, 0.15) is 70.9 Å². The number of aromatic nitrogens is 2. The van der Waals surface area contributed by atoms with Gasteiger partial charge in [0.15, 0.2) is 6.10 Å². The molecule has 0 bridgehead atoms. The van der Waals surface area contributed by atoms with Crippen molar-refractivity contribution in [3.8, 4) is 0 Å². The number of aryl methyl sites for hydroxylation is 2. The quantitative estimate of drug-likeness (QED) is 0.522. The highest BCUT2D eigenvalue weighted by Gasteiger charge is 2.50. The highest BCUT2D eigenvalue weighted by Crippen LogP contribution is 2.54. The van der Waals surface area contributed by atoms with Gasteiger partial charge < -0.3 is 15.0 Å². The van der Waals surface area contributed by atoms with Gasteiger partial charge in [0.05, 0.1) is 28.8 Å². The number of nitrogens with zero attached hydrogens (tertiary/aromatic N) is 2.